The SMILES string of the molecule is CC1=C(c2cncc(OCCCO)n2)SCC1=S. The van der Waals surface area contributed by atoms with Crippen LogP contribution < -0.4 is 4.74 Å². The predicted octanol–water partition coefficient (Wildman–Crippen LogP) is 2.09. The molecule has 0 bridgehead atoms. The van der Waals surface area contributed by atoms with Crippen molar-refractivity contribution in [3.05, 3.63) is 23.7 Å². The number of aliphatic hydroxyl groups excluding tert-OH is 1. The Balaban J connectivity index is 2.15. The molecule has 0 aromatic carbocycles. The van der Waals surface area contributed by atoms with Crippen molar-refractivity contribution in [2.45, 2.75) is 13.3 Å². The van der Waals surface area contributed by atoms with Gasteiger partial charge in [-0.25, -0.2) is 4.98 Å². The quantitative estimate of drug-likeness (QED) is 0.659. The lowest BCUT2D eigenvalue weighted by atomic mass is 10.2. The maximum Gasteiger partial charge on any atom is 0.232 e. The number of ether oxygens (including phenoxy) is 1. The third kappa shape index (κ3) is 3.07. The van der Waals surface area contributed by atoms with Gasteiger partial charge in [0.05, 0.1) is 24.7 Å². The number of aromatic nitrogens is 2. The highest BCUT2D eigenvalue weighted by atomic mass is 32.2. The highest BCUT2D eigenvalue weighted by molar-refractivity contribution is 8.10. The number of thioether (sulfide) groups is 1. The Morgan fingerprint density at radius 1 is 1.50 bits per heavy atom. The lowest BCUT2D eigenvalue weighted by Gasteiger charge is -2.06. The number of allylic oxidation sites excluding steroid dienone is 1. The Bertz CT molecular complexity index is 489. The molecule has 1 aliphatic rings. The minimum absolute atomic E-state index is 0.113. The number of aliphatic hydroxyl groups is 1. The summed E-state index contributed by atoms with van der Waals surface area (Å²) in [5.41, 5.74) is 1.91. The Labute approximate surface area is 115 Å². The summed E-state index contributed by atoms with van der Waals surface area (Å²) in [6.07, 6.45) is 3.89. The lowest BCUT2D eigenvalue weighted by molar-refractivity contribution is 0.228. The second-order valence-corrected chi connectivity index (χ2v) is 5.31. The summed E-state index contributed by atoms with van der Waals surface area (Å²) >= 11 is 6.94. The zero-order valence-corrected chi connectivity index (χ0v) is 11.7. The van der Waals surface area contributed by atoms with E-state index in [9.17, 15) is 0 Å². The average molecular weight is 282 g/mol. The van der Waals surface area contributed by atoms with Gasteiger partial charge in [-0.15, -0.1) is 11.8 Å². The monoisotopic (exact) mass is 282 g/mol. The molecule has 1 aromatic heterocycles. The second-order valence-electron chi connectivity index (χ2n) is 3.83. The third-order valence-electron chi connectivity index (χ3n) is 2.50. The van der Waals surface area contributed by atoms with Crippen LogP contribution in [0.15, 0.2) is 18.0 Å². The molecule has 0 spiro atoms. The fraction of sp³-hybridized carbons (Fsp3) is 0.417. The first kappa shape index (κ1) is 13.5. The first-order chi connectivity index (χ1) is 8.72. The van der Waals surface area contributed by atoms with Gasteiger partial charge in [-0.05, 0) is 12.5 Å². The first-order valence-electron chi connectivity index (χ1n) is 5.65. The van der Waals surface area contributed by atoms with E-state index in [-0.39, 0.29) is 6.61 Å². The van der Waals surface area contributed by atoms with Gasteiger partial charge in [0, 0.05) is 28.6 Å². The van der Waals surface area contributed by atoms with Gasteiger partial charge in [-0.1, -0.05) is 12.2 Å². The zero-order chi connectivity index (χ0) is 13.0. The summed E-state index contributed by atoms with van der Waals surface area (Å²) in [5.74, 6) is 1.33. The smallest absolute Gasteiger partial charge is 0.232 e. The first-order valence-corrected chi connectivity index (χ1v) is 7.04. The van der Waals surface area contributed by atoms with E-state index >= 15 is 0 Å². The van der Waals surface area contributed by atoms with Gasteiger partial charge in [-0.2, -0.15) is 0 Å². The summed E-state index contributed by atoms with van der Waals surface area (Å²) in [4.78, 5) is 10.6. The minimum atomic E-state index is 0.113. The Kier molecular flexibility index (Phi) is 4.68. The van der Waals surface area contributed by atoms with Crippen molar-refractivity contribution in [1.29, 1.82) is 0 Å². The molecule has 0 unspecified atom stereocenters. The summed E-state index contributed by atoms with van der Waals surface area (Å²) in [6, 6.07) is 0. The maximum absolute atomic E-state index is 8.69. The minimum Gasteiger partial charge on any atom is -0.476 e. The number of rotatable bonds is 5. The third-order valence-corrected chi connectivity index (χ3v) is 4.37. The topological polar surface area (TPSA) is 55.2 Å². The molecular weight excluding hydrogens is 268 g/mol. The summed E-state index contributed by atoms with van der Waals surface area (Å²) in [5, 5.41) is 8.69. The molecule has 1 aromatic rings. The van der Waals surface area contributed by atoms with Crippen molar-refractivity contribution in [2.75, 3.05) is 19.0 Å². The van der Waals surface area contributed by atoms with Crippen molar-refractivity contribution >= 4 is 33.7 Å². The van der Waals surface area contributed by atoms with Crippen LogP contribution in [-0.2, 0) is 0 Å². The van der Waals surface area contributed by atoms with Crippen molar-refractivity contribution in [3.63, 3.8) is 0 Å². The van der Waals surface area contributed by atoms with E-state index in [1.54, 1.807) is 24.2 Å². The maximum atomic E-state index is 8.69. The molecule has 2 heterocycles. The Morgan fingerprint density at radius 2 is 2.33 bits per heavy atom. The van der Waals surface area contributed by atoms with Gasteiger partial charge >= 0.3 is 0 Å². The van der Waals surface area contributed by atoms with Crippen LogP contribution in [0.4, 0.5) is 0 Å². The molecule has 0 saturated carbocycles. The van der Waals surface area contributed by atoms with Crippen LogP contribution in [0.3, 0.4) is 0 Å². The van der Waals surface area contributed by atoms with Crippen molar-refractivity contribution in [3.8, 4) is 5.88 Å². The van der Waals surface area contributed by atoms with Gasteiger partial charge in [-0.3, -0.25) is 4.98 Å². The molecule has 1 N–H and O–H groups in total. The number of thiocarbonyl (C=S) groups is 1. The molecule has 18 heavy (non-hydrogen) atoms. The number of hydrogen-bond donors (Lipinski definition) is 1. The van der Waals surface area contributed by atoms with Crippen LogP contribution in [0.5, 0.6) is 5.88 Å². The fourth-order valence-electron chi connectivity index (χ4n) is 1.52. The normalized spacial score (nSPS) is 15.3. The van der Waals surface area contributed by atoms with Gasteiger partial charge in [0.15, 0.2) is 0 Å². The summed E-state index contributed by atoms with van der Waals surface area (Å²) in [6.45, 7) is 2.57. The van der Waals surface area contributed by atoms with E-state index in [1.165, 1.54) is 0 Å². The van der Waals surface area contributed by atoms with Crippen LogP contribution in [0.2, 0.25) is 0 Å². The average Bonchev–Trinajstić information content (AvgIpc) is 2.71. The molecule has 0 saturated heterocycles. The molecule has 0 aliphatic carbocycles. The van der Waals surface area contributed by atoms with Crippen LogP contribution in [0.25, 0.3) is 4.91 Å². The molecule has 1 aliphatic heterocycles. The largest absolute Gasteiger partial charge is 0.476 e. The van der Waals surface area contributed by atoms with E-state index in [0.29, 0.717) is 18.9 Å². The molecule has 0 radical (unpaired) electrons. The highest BCUT2D eigenvalue weighted by Crippen LogP contribution is 2.36. The second kappa shape index (κ2) is 6.26. The van der Waals surface area contributed by atoms with Gasteiger partial charge in [0.1, 0.15) is 0 Å². The van der Waals surface area contributed by atoms with E-state index < -0.39 is 0 Å². The molecule has 0 atom stereocenters. The van der Waals surface area contributed by atoms with Crippen LogP contribution in [0.1, 0.15) is 19.0 Å². The predicted molar refractivity (Wildman–Crippen MR) is 76.9 cm³/mol. The molecule has 0 fully saturated rings. The van der Waals surface area contributed by atoms with Gasteiger partial charge in [0.2, 0.25) is 5.88 Å². The van der Waals surface area contributed by atoms with Crippen LogP contribution in [0, 0.1) is 0 Å². The zero-order valence-electron chi connectivity index (χ0n) is 10.0. The van der Waals surface area contributed by atoms with Crippen molar-refractivity contribution in [1.82, 2.24) is 9.97 Å². The number of nitrogens with zero attached hydrogens (tertiary/aromatic N) is 2. The Hall–Kier alpha value is -0.980. The summed E-state index contributed by atoms with van der Waals surface area (Å²) < 4.78 is 5.41. The Morgan fingerprint density at radius 3 is 3.00 bits per heavy atom. The van der Waals surface area contributed by atoms with E-state index in [1.807, 2.05) is 6.92 Å². The molecule has 0 amide bonds. The lowest BCUT2D eigenvalue weighted by Crippen LogP contribution is -2.02. The molecule has 6 heteroatoms. The van der Waals surface area contributed by atoms with Gasteiger partial charge in [0.25, 0.3) is 0 Å². The molecular formula is C12H14N2O2S2. The van der Waals surface area contributed by atoms with Crippen molar-refractivity contribution < 1.29 is 9.84 Å². The fourth-order valence-corrected chi connectivity index (χ4v) is 2.94. The molecule has 2 rings (SSSR count). The molecule has 4 nitrogen and oxygen atoms in total. The van der Waals surface area contributed by atoms with E-state index in [4.69, 9.17) is 22.1 Å². The van der Waals surface area contributed by atoms with Crippen molar-refractivity contribution in [2.24, 2.45) is 0 Å². The highest BCUT2D eigenvalue weighted by Gasteiger charge is 2.19. The summed E-state index contributed by atoms with van der Waals surface area (Å²) in [7, 11) is 0. The number of hydrogen-bond acceptors (Lipinski definition) is 6. The standard InChI is InChI=1S/C12H14N2O2S2/c1-8-10(17)7-18-12(8)9-5-13-6-11(14-9)16-4-2-3-15/h5-6,15H,2-4,7H2,1H3. The molecule has 96 valence electrons. The van der Waals surface area contributed by atoms with Crippen LogP contribution >= 0.6 is 24.0 Å². The van der Waals surface area contributed by atoms with E-state index in [0.717, 1.165) is 26.8 Å². The van der Waals surface area contributed by atoms with E-state index in [2.05, 4.69) is 9.97 Å². The van der Waals surface area contributed by atoms with Gasteiger partial charge < -0.3 is 9.84 Å². The van der Waals surface area contributed by atoms with Crippen LogP contribution in [-0.4, -0.2) is 38.9 Å².